The van der Waals surface area contributed by atoms with Crippen molar-refractivity contribution in [3.63, 3.8) is 0 Å². The van der Waals surface area contributed by atoms with E-state index >= 15 is 0 Å². The molecule has 6 nitrogen and oxygen atoms in total. The topological polar surface area (TPSA) is 101 Å². The van der Waals surface area contributed by atoms with E-state index in [4.69, 9.17) is 22.1 Å². The van der Waals surface area contributed by atoms with E-state index in [0.717, 1.165) is 4.42 Å². The molecular weight excluding hydrogens is 220 g/mol. The molecule has 2 amide bonds. The lowest BCUT2D eigenvalue weighted by Gasteiger charge is -2.09. The fraction of sp³-hybridized carbons (Fsp3) is 0.800. The molecule has 0 spiro atoms. The number of rotatable bonds is 5. The number of hydrogen-bond acceptors (Lipinski definition) is 3. The normalized spacial score (nSPS) is 11.2. The van der Waals surface area contributed by atoms with E-state index < -0.39 is 16.1 Å². The number of urea groups is 1. The highest BCUT2D eigenvalue weighted by Crippen LogP contribution is 2.00. The molecule has 0 rings (SSSR count). The van der Waals surface area contributed by atoms with Gasteiger partial charge in [-0.05, 0) is 12.8 Å². The van der Waals surface area contributed by atoms with Crippen molar-refractivity contribution in [1.29, 1.82) is 0 Å². The maximum atomic E-state index is 10.3. The van der Waals surface area contributed by atoms with E-state index in [9.17, 15) is 13.2 Å². The number of unbranched alkanes of at least 4 members (excludes halogenated alkanes) is 1. The van der Waals surface area contributed by atoms with Crippen LogP contribution in [0.5, 0.6) is 0 Å². The summed E-state index contributed by atoms with van der Waals surface area (Å²) in [6, 6.07) is -0.784. The summed E-state index contributed by atoms with van der Waals surface area (Å²) in [4.78, 5) is 10.3. The van der Waals surface area contributed by atoms with Crippen LogP contribution in [0, 0.1) is 0 Å². The molecule has 8 heteroatoms. The van der Waals surface area contributed by atoms with Gasteiger partial charge in [0.15, 0.2) is 0 Å². The Labute approximate surface area is 81.5 Å². The van der Waals surface area contributed by atoms with Crippen LogP contribution in [0.3, 0.4) is 0 Å². The number of hydrogen-bond donors (Lipinski definition) is 2. The van der Waals surface area contributed by atoms with Crippen LogP contribution in [-0.4, -0.2) is 35.7 Å². The second kappa shape index (κ2) is 5.25. The van der Waals surface area contributed by atoms with Gasteiger partial charge in [0.05, 0.1) is 5.75 Å². The van der Waals surface area contributed by atoms with E-state index in [1.165, 1.54) is 0 Å². The van der Waals surface area contributed by atoms with Crippen LogP contribution in [-0.2, 0) is 10.1 Å². The summed E-state index contributed by atoms with van der Waals surface area (Å²) in [5.74, 6) is -0.337. The van der Waals surface area contributed by atoms with Crippen molar-refractivity contribution in [2.75, 3.05) is 12.3 Å². The predicted octanol–water partition coefficient (Wildman–Crippen LogP) is 0.189. The quantitative estimate of drug-likeness (QED) is 0.400. The molecule has 0 heterocycles. The second-order valence-electron chi connectivity index (χ2n) is 2.42. The zero-order valence-corrected chi connectivity index (χ0v) is 8.38. The van der Waals surface area contributed by atoms with Crippen LogP contribution in [0.2, 0.25) is 0 Å². The molecule has 3 N–H and O–H groups in total. The maximum Gasteiger partial charge on any atom is 0.329 e. The van der Waals surface area contributed by atoms with E-state index in [1.54, 1.807) is 0 Å². The van der Waals surface area contributed by atoms with Crippen molar-refractivity contribution < 1.29 is 17.8 Å². The van der Waals surface area contributed by atoms with Gasteiger partial charge >= 0.3 is 6.03 Å². The predicted molar refractivity (Wildman–Crippen MR) is 47.8 cm³/mol. The van der Waals surface area contributed by atoms with Gasteiger partial charge in [-0.1, -0.05) is 0 Å². The van der Waals surface area contributed by atoms with Crippen molar-refractivity contribution in [3.05, 3.63) is 0 Å². The monoisotopic (exact) mass is 230 g/mol. The van der Waals surface area contributed by atoms with Crippen LogP contribution in [0.4, 0.5) is 4.79 Å². The van der Waals surface area contributed by atoms with Crippen molar-refractivity contribution in [2.24, 2.45) is 5.73 Å². The number of halogens is 1. The first-order valence-corrected chi connectivity index (χ1v) is 5.45. The van der Waals surface area contributed by atoms with Gasteiger partial charge in [0.25, 0.3) is 10.1 Å². The van der Waals surface area contributed by atoms with Gasteiger partial charge in [-0.25, -0.2) is 9.21 Å². The van der Waals surface area contributed by atoms with Crippen molar-refractivity contribution >= 4 is 27.9 Å². The van der Waals surface area contributed by atoms with Crippen LogP contribution in [0.1, 0.15) is 12.8 Å². The second-order valence-corrected chi connectivity index (χ2v) is 4.40. The minimum atomic E-state index is -3.92. The fourth-order valence-corrected chi connectivity index (χ4v) is 1.33. The lowest BCUT2D eigenvalue weighted by Crippen LogP contribution is -2.28. The number of primary amides is 1. The number of carbonyl (C=O) groups excluding carboxylic acids is 1. The Balaban J connectivity index is 3.53. The molecule has 0 aromatic carbocycles. The number of carbonyl (C=O) groups is 1. The van der Waals surface area contributed by atoms with Crippen molar-refractivity contribution in [3.8, 4) is 0 Å². The molecule has 0 atom stereocenters. The summed E-state index contributed by atoms with van der Waals surface area (Å²) in [6.07, 6.45) is 0.599. The first-order valence-electron chi connectivity index (χ1n) is 3.51. The molecule has 0 aromatic rings. The SMILES string of the molecule is NC(=O)N(Cl)CCCCS(=O)(=O)O. The Kier molecular flexibility index (Phi) is 5.04. The molecule has 78 valence electrons. The molecule has 0 radical (unpaired) electrons. The van der Waals surface area contributed by atoms with Crippen LogP contribution < -0.4 is 5.73 Å². The average molecular weight is 231 g/mol. The molecule has 0 aliphatic rings. The highest BCUT2D eigenvalue weighted by Gasteiger charge is 2.07. The Morgan fingerprint density at radius 3 is 2.38 bits per heavy atom. The molecular formula is C5H11ClN2O4S. The van der Waals surface area contributed by atoms with Gasteiger partial charge in [0.1, 0.15) is 0 Å². The Morgan fingerprint density at radius 2 is 2.00 bits per heavy atom. The molecule has 0 aliphatic heterocycles. The minimum Gasteiger partial charge on any atom is -0.350 e. The zero-order valence-electron chi connectivity index (χ0n) is 6.81. The molecule has 0 saturated carbocycles. The minimum absolute atomic E-state index is 0.159. The van der Waals surface area contributed by atoms with Gasteiger partial charge in [-0.15, -0.1) is 0 Å². The van der Waals surface area contributed by atoms with E-state index in [-0.39, 0.29) is 18.7 Å². The third kappa shape index (κ3) is 7.82. The highest BCUT2D eigenvalue weighted by atomic mass is 35.5. The molecule has 0 unspecified atom stereocenters. The average Bonchev–Trinajstić information content (AvgIpc) is 1.95. The Bertz CT molecular complexity index is 266. The molecule has 0 aromatic heterocycles. The smallest absolute Gasteiger partial charge is 0.329 e. The number of nitrogens with zero attached hydrogens (tertiary/aromatic N) is 1. The van der Waals surface area contributed by atoms with Crippen LogP contribution >= 0.6 is 11.8 Å². The standard InChI is InChI=1S/C5H11ClN2O4S/c6-8(5(7)9)3-1-2-4-13(10,11)12/h1-4H2,(H2,7,9)(H,10,11,12). The van der Waals surface area contributed by atoms with Gasteiger partial charge in [-0.2, -0.15) is 8.42 Å². The third-order valence-corrected chi connectivity index (χ3v) is 2.39. The summed E-state index contributed by atoms with van der Waals surface area (Å²) >= 11 is 5.31. The number of amides is 2. The molecule has 0 saturated heterocycles. The maximum absolute atomic E-state index is 10.3. The fourth-order valence-electron chi connectivity index (χ4n) is 0.645. The summed E-state index contributed by atoms with van der Waals surface area (Å²) in [5, 5.41) is 0. The lowest BCUT2D eigenvalue weighted by molar-refractivity contribution is 0.233. The van der Waals surface area contributed by atoms with Gasteiger partial charge in [0.2, 0.25) is 0 Å². The zero-order chi connectivity index (χ0) is 10.5. The van der Waals surface area contributed by atoms with Crippen molar-refractivity contribution in [1.82, 2.24) is 4.42 Å². The Hall–Kier alpha value is -0.530. The van der Waals surface area contributed by atoms with Crippen LogP contribution in [0.25, 0.3) is 0 Å². The molecule has 13 heavy (non-hydrogen) atoms. The van der Waals surface area contributed by atoms with E-state index in [1.807, 2.05) is 0 Å². The Morgan fingerprint density at radius 1 is 1.46 bits per heavy atom. The third-order valence-electron chi connectivity index (χ3n) is 1.25. The number of nitrogens with two attached hydrogens (primary N) is 1. The van der Waals surface area contributed by atoms with Crippen LogP contribution in [0.15, 0.2) is 0 Å². The summed E-state index contributed by atoms with van der Waals surface area (Å²) < 4.78 is 29.5. The lowest BCUT2D eigenvalue weighted by atomic mass is 10.3. The first-order chi connectivity index (χ1) is 5.83. The van der Waals surface area contributed by atoms with E-state index in [2.05, 4.69) is 0 Å². The van der Waals surface area contributed by atoms with E-state index in [0.29, 0.717) is 6.42 Å². The van der Waals surface area contributed by atoms with Gasteiger partial charge in [-0.3, -0.25) is 4.55 Å². The summed E-state index contributed by atoms with van der Waals surface area (Å²) in [7, 11) is -3.92. The van der Waals surface area contributed by atoms with Gasteiger partial charge < -0.3 is 5.73 Å². The summed E-state index contributed by atoms with van der Waals surface area (Å²) in [5.41, 5.74) is 4.79. The molecule has 0 bridgehead atoms. The largest absolute Gasteiger partial charge is 0.350 e. The summed E-state index contributed by atoms with van der Waals surface area (Å²) in [6.45, 7) is 0.159. The van der Waals surface area contributed by atoms with Gasteiger partial charge in [0, 0.05) is 18.3 Å². The van der Waals surface area contributed by atoms with Crippen molar-refractivity contribution in [2.45, 2.75) is 12.8 Å². The first kappa shape index (κ1) is 12.5. The molecule has 0 aliphatic carbocycles. The highest BCUT2D eigenvalue weighted by molar-refractivity contribution is 7.85. The molecule has 0 fully saturated rings.